The predicted octanol–water partition coefficient (Wildman–Crippen LogP) is 5.51. The summed E-state index contributed by atoms with van der Waals surface area (Å²) in [5.41, 5.74) is 9.33. The molecule has 0 saturated heterocycles. The summed E-state index contributed by atoms with van der Waals surface area (Å²) in [7, 11) is 0. The van der Waals surface area contributed by atoms with Crippen molar-refractivity contribution in [2.45, 2.75) is 73.3 Å². The van der Waals surface area contributed by atoms with E-state index in [9.17, 15) is 4.79 Å². The first-order valence-electron chi connectivity index (χ1n) is 9.38. The molecule has 0 aliphatic rings. The number of ether oxygens (including phenoxy) is 1. The number of Topliss-reactive ketones (excluding diaryl/α,β-unsaturated/α-hetero) is 1. The monoisotopic (exact) mass is 362 g/mol. The Balaban J connectivity index is 0. The van der Waals surface area contributed by atoms with E-state index in [1.165, 1.54) is 6.92 Å². The number of hydrogen-bond acceptors (Lipinski definition) is 4. The van der Waals surface area contributed by atoms with Gasteiger partial charge in [-0.15, -0.1) is 0 Å². The van der Waals surface area contributed by atoms with Gasteiger partial charge >= 0.3 is 0 Å². The van der Waals surface area contributed by atoms with Crippen molar-refractivity contribution in [1.82, 2.24) is 0 Å². The zero-order valence-corrected chi connectivity index (χ0v) is 17.5. The Kier molecular flexibility index (Phi) is 16.7. The molecule has 0 fully saturated rings. The van der Waals surface area contributed by atoms with Gasteiger partial charge in [0.2, 0.25) is 0 Å². The normalized spacial score (nSPS) is 12.5. The Bertz CT molecular complexity index is 526. The van der Waals surface area contributed by atoms with Crippen LogP contribution in [0.1, 0.15) is 67.2 Å². The SMILES string of the molecule is C=C/C=C(\C=C/C)C(=N)/C(CCC)=C(\N)CCC.CC(=O)COC(C)C. The Morgan fingerprint density at radius 1 is 1.23 bits per heavy atom. The lowest BCUT2D eigenvalue weighted by Crippen LogP contribution is -2.12. The summed E-state index contributed by atoms with van der Waals surface area (Å²) in [6.07, 6.45) is 11.3. The van der Waals surface area contributed by atoms with Crippen molar-refractivity contribution in [3.63, 3.8) is 0 Å². The number of rotatable bonds is 11. The van der Waals surface area contributed by atoms with Gasteiger partial charge in [-0.2, -0.15) is 0 Å². The van der Waals surface area contributed by atoms with E-state index in [1.807, 2.05) is 39.0 Å². The highest BCUT2D eigenvalue weighted by Crippen LogP contribution is 2.18. The summed E-state index contributed by atoms with van der Waals surface area (Å²) in [6.45, 7) is 15.4. The largest absolute Gasteiger partial charge is 0.402 e. The van der Waals surface area contributed by atoms with Gasteiger partial charge in [-0.05, 0) is 51.7 Å². The van der Waals surface area contributed by atoms with Crippen molar-refractivity contribution in [2.24, 2.45) is 5.73 Å². The zero-order chi connectivity index (χ0) is 20.5. The Labute approximate surface area is 160 Å². The molecule has 0 atom stereocenters. The van der Waals surface area contributed by atoms with Gasteiger partial charge in [0, 0.05) is 5.70 Å². The van der Waals surface area contributed by atoms with Crippen molar-refractivity contribution in [3.8, 4) is 0 Å². The standard InChI is InChI=1S/C16H26N2.C6H12O2/c1-5-9-13(10-6-2)16(18)14(11-7-3)15(17)12-8-4;1-5(2)8-4-6(3)7/h5-6,9-10,18H,1,7-8,11-12,17H2,2-4H3;5H,4H2,1-3H3/b10-6-,13-9+,15-14-,18-16?;. The van der Waals surface area contributed by atoms with Crippen molar-refractivity contribution >= 4 is 11.5 Å². The molecule has 4 nitrogen and oxygen atoms in total. The lowest BCUT2D eigenvalue weighted by atomic mass is 9.95. The zero-order valence-electron chi connectivity index (χ0n) is 17.5. The average Bonchev–Trinajstić information content (AvgIpc) is 2.58. The van der Waals surface area contributed by atoms with Crippen LogP contribution in [0.2, 0.25) is 0 Å². The number of hydrogen-bond donors (Lipinski definition) is 2. The molecule has 148 valence electrons. The number of nitrogens with one attached hydrogen (secondary N) is 1. The molecular formula is C22H38N2O2. The number of carbonyl (C=O) groups excluding carboxylic acids is 1. The van der Waals surface area contributed by atoms with Gasteiger partial charge in [-0.25, -0.2) is 0 Å². The minimum absolute atomic E-state index is 0.0821. The Morgan fingerprint density at radius 3 is 2.15 bits per heavy atom. The van der Waals surface area contributed by atoms with Gasteiger partial charge in [0.25, 0.3) is 0 Å². The van der Waals surface area contributed by atoms with E-state index in [1.54, 1.807) is 6.08 Å². The molecule has 3 N–H and O–H groups in total. The van der Waals surface area contributed by atoms with Crippen molar-refractivity contribution in [1.29, 1.82) is 5.41 Å². The highest BCUT2D eigenvalue weighted by molar-refractivity contribution is 6.12. The van der Waals surface area contributed by atoms with E-state index in [4.69, 9.17) is 15.9 Å². The van der Waals surface area contributed by atoms with Crippen molar-refractivity contribution in [2.75, 3.05) is 6.61 Å². The summed E-state index contributed by atoms with van der Waals surface area (Å²) in [6, 6.07) is 0. The quantitative estimate of drug-likeness (QED) is 0.376. The molecule has 0 rings (SSSR count). The molecule has 0 aliphatic heterocycles. The van der Waals surface area contributed by atoms with Crippen LogP contribution in [0.15, 0.2) is 47.7 Å². The Morgan fingerprint density at radius 2 is 1.81 bits per heavy atom. The molecule has 26 heavy (non-hydrogen) atoms. The number of carbonyl (C=O) groups is 1. The molecule has 0 bridgehead atoms. The van der Waals surface area contributed by atoms with Crippen LogP contribution in [0, 0.1) is 5.41 Å². The molecule has 0 saturated carbocycles. The lowest BCUT2D eigenvalue weighted by Gasteiger charge is -2.13. The summed E-state index contributed by atoms with van der Waals surface area (Å²) < 4.78 is 4.95. The van der Waals surface area contributed by atoms with Crippen LogP contribution in [-0.4, -0.2) is 24.2 Å². The number of allylic oxidation sites excluding steroid dienone is 7. The topological polar surface area (TPSA) is 76.2 Å². The van der Waals surface area contributed by atoms with Gasteiger partial charge in [-0.3, -0.25) is 10.2 Å². The third kappa shape index (κ3) is 13.4. The van der Waals surface area contributed by atoms with E-state index >= 15 is 0 Å². The maximum atomic E-state index is 10.2. The van der Waals surface area contributed by atoms with Gasteiger partial charge in [0.05, 0.1) is 11.8 Å². The first-order chi connectivity index (χ1) is 12.2. The Hall–Kier alpha value is -1.94. The van der Waals surface area contributed by atoms with E-state index < -0.39 is 0 Å². The molecule has 0 aromatic rings. The van der Waals surface area contributed by atoms with Gasteiger partial charge < -0.3 is 10.5 Å². The molecule has 0 radical (unpaired) electrons. The molecule has 0 heterocycles. The first-order valence-corrected chi connectivity index (χ1v) is 9.38. The van der Waals surface area contributed by atoms with Crippen LogP contribution in [-0.2, 0) is 9.53 Å². The summed E-state index contributed by atoms with van der Waals surface area (Å²) in [5.74, 6) is 0.0821. The molecule has 0 amide bonds. The van der Waals surface area contributed by atoms with Crippen molar-refractivity contribution in [3.05, 3.63) is 47.7 Å². The van der Waals surface area contributed by atoms with Crippen LogP contribution in [0.25, 0.3) is 0 Å². The second kappa shape index (κ2) is 16.5. The van der Waals surface area contributed by atoms with Crippen LogP contribution in [0.4, 0.5) is 0 Å². The third-order valence-electron chi connectivity index (χ3n) is 3.26. The maximum absolute atomic E-state index is 10.2. The summed E-state index contributed by atoms with van der Waals surface area (Å²) in [5, 5.41) is 8.32. The fourth-order valence-corrected chi connectivity index (χ4v) is 2.10. The second-order valence-electron chi connectivity index (χ2n) is 6.30. The minimum Gasteiger partial charge on any atom is -0.402 e. The highest BCUT2D eigenvalue weighted by Gasteiger charge is 2.11. The van der Waals surface area contributed by atoms with Gasteiger partial charge in [0.1, 0.15) is 6.61 Å². The van der Waals surface area contributed by atoms with Crippen molar-refractivity contribution < 1.29 is 9.53 Å². The predicted molar refractivity (Wildman–Crippen MR) is 114 cm³/mol. The number of nitrogens with two attached hydrogens (primary N) is 1. The number of ketones is 1. The highest BCUT2D eigenvalue weighted by atomic mass is 16.5. The third-order valence-corrected chi connectivity index (χ3v) is 3.26. The van der Waals surface area contributed by atoms with E-state index in [-0.39, 0.29) is 18.5 Å². The minimum atomic E-state index is 0.0821. The molecule has 0 aromatic heterocycles. The van der Waals surface area contributed by atoms with Crippen LogP contribution >= 0.6 is 0 Å². The molecule has 0 spiro atoms. The smallest absolute Gasteiger partial charge is 0.155 e. The van der Waals surface area contributed by atoms with E-state index in [0.717, 1.165) is 42.5 Å². The van der Waals surface area contributed by atoms with Crippen LogP contribution in [0.3, 0.4) is 0 Å². The fourth-order valence-electron chi connectivity index (χ4n) is 2.10. The van der Waals surface area contributed by atoms with E-state index in [0.29, 0.717) is 5.71 Å². The van der Waals surface area contributed by atoms with Gasteiger partial charge in [-0.1, -0.05) is 57.6 Å². The summed E-state index contributed by atoms with van der Waals surface area (Å²) >= 11 is 0. The van der Waals surface area contributed by atoms with E-state index in [2.05, 4.69) is 20.4 Å². The molecule has 4 heteroatoms. The van der Waals surface area contributed by atoms with Gasteiger partial charge in [0.15, 0.2) is 5.78 Å². The second-order valence-corrected chi connectivity index (χ2v) is 6.30. The molecule has 0 aliphatic carbocycles. The first kappa shape index (κ1) is 26.3. The maximum Gasteiger partial charge on any atom is 0.155 e. The molecule has 0 aromatic carbocycles. The molecular weight excluding hydrogens is 324 g/mol. The molecule has 0 unspecified atom stereocenters. The fraction of sp³-hybridized carbons (Fsp3) is 0.545. The lowest BCUT2D eigenvalue weighted by molar-refractivity contribution is -0.122. The van der Waals surface area contributed by atoms with Crippen LogP contribution < -0.4 is 5.73 Å². The summed E-state index contributed by atoms with van der Waals surface area (Å²) in [4.78, 5) is 10.2. The average molecular weight is 363 g/mol. The van der Waals surface area contributed by atoms with Crippen LogP contribution in [0.5, 0.6) is 0 Å².